The standard InChI is InChI=1S/C11H7NO3.C4H5NO6S/c13-7-8-2-1-3-9(6-8)12-10(14)4-5-11(12)15;6-3-1-2(12(9,10)11)4(7)5(3)8/h1-7H;2,8H,1H2,(H,9,10,11). The number of nitrogens with zero attached hydrogens (tertiary/aromatic N) is 2. The first-order chi connectivity index (χ1) is 12.6. The Morgan fingerprint density at radius 1 is 1.07 bits per heavy atom. The number of aldehydes is 1. The minimum Gasteiger partial charge on any atom is -0.298 e. The smallest absolute Gasteiger partial charge is 0.277 e. The minimum absolute atomic E-state index is 0.307. The van der Waals surface area contributed by atoms with E-state index >= 15 is 0 Å². The number of hydroxylamine groups is 2. The highest BCUT2D eigenvalue weighted by atomic mass is 32.2. The normalized spacial score (nSPS) is 19.4. The van der Waals surface area contributed by atoms with Gasteiger partial charge in [-0.25, -0.2) is 4.90 Å². The molecule has 0 aromatic heterocycles. The summed E-state index contributed by atoms with van der Waals surface area (Å²) in [5.74, 6) is -3.13. The highest BCUT2D eigenvalue weighted by Crippen LogP contribution is 2.19. The number of carbonyl (C=O) groups is 5. The predicted octanol–water partition coefficient (Wildman–Crippen LogP) is -0.681. The second-order valence-electron chi connectivity index (χ2n) is 5.31. The van der Waals surface area contributed by atoms with Gasteiger partial charge in [-0.2, -0.15) is 13.5 Å². The largest absolute Gasteiger partial charge is 0.298 e. The monoisotopic (exact) mass is 396 g/mol. The SMILES string of the molecule is O=C1CC(S(=O)(=O)O)C(=O)N1O.O=Cc1cccc(N2C(=O)C=CC2=O)c1. The first-order valence-corrected chi connectivity index (χ1v) is 8.70. The van der Waals surface area contributed by atoms with Gasteiger partial charge < -0.3 is 0 Å². The molecule has 11 nitrogen and oxygen atoms in total. The van der Waals surface area contributed by atoms with Gasteiger partial charge in [-0.1, -0.05) is 12.1 Å². The Balaban J connectivity index is 0.000000199. The lowest BCUT2D eigenvalue weighted by Gasteiger charge is -2.13. The van der Waals surface area contributed by atoms with Crippen molar-refractivity contribution in [1.29, 1.82) is 0 Å². The Labute approximate surface area is 152 Å². The molecule has 1 unspecified atom stereocenters. The fraction of sp³-hybridized carbons (Fsp3) is 0.133. The molecule has 0 radical (unpaired) electrons. The number of hydrogen-bond acceptors (Lipinski definition) is 8. The van der Waals surface area contributed by atoms with Crippen molar-refractivity contribution in [2.24, 2.45) is 0 Å². The molecule has 1 saturated heterocycles. The summed E-state index contributed by atoms with van der Waals surface area (Å²) in [6, 6.07) is 6.33. The van der Waals surface area contributed by atoms with Gasteiger partial charge in [0.25, 0.3) is 33.7 Å². The molecule has 2 N–H and O–H groups in total. The molecule has 0 aliphatic carbocycles. The van der Waals surface area contributed by atoms with Crippen LogP contribution in [0.2, 0.25) is 0 Å². The molecule has 2 aliphatic heterocycles. The van der Waals surface area contributed by atoms with E-state index in [2.05, 4.69) is 0 Å². The van der Waals surface area contributed by atoms with Gasteiger partial charge in [-0.3, -0.25) is 33.7 Å². The molecule has 0 saturated carbocycles. The van der Waals surface area contributed by atoms with Gasteiger partial charge in [-0.05, 0) is 12.1 Å². The highest BCUT2D eigenvalue weighted by Gasteiger charge is 2.45. The van der Waals surface area contributed by atoms with E-state index in [1.165, 1.54) is 18.2 Å². The topological polar surface area (TPSA) is 166 Å². The van der Waals surface area contributed by atoms with Crippen molar-refractivity contribution in [3.63, 3.8) is 0 Å². The molecular formula is C15H12N2O9S. The zero-order valence-electron chi connectivity index (χ0n) is 13.4. The average Bonchev–Trinajstić information content (AvgIpc) is 3.08. The summed E-state index contributed by atoms with van der Waals surface area (Å²) < 4.78 is 29.1. The van der Waals surface area contributed by atoms with E-state index in [0.29, 0.717) is 17.5 Å². The van der Waals surface area contributed by atoms with E-state index in [-0.39, 0.29) is 16.9 Å². The molecule has 2 aliphatic rings. The van der Waals surface area contributed by atoms with Crippen molar-refractivity contribution in [1.82, 2.24) is 5.06 Å². The zero-order chi connectivity index (χ0) is 20.4. The number of carbonyl (C=O) groups excluding carboxylic acids is 5. The lowest BCUT2D eigenvalue weighted by molar-refractivity contribution is -0.171. The van der Waals surface area contributed by atoms with E-state index in [4.69, 9.17) is 9.76 Å². The van der Waals surface area contributed by atoms with Gasteiger partial charge in [0.15, 0.2) is 5.25 Å². The van der Waals surface area contributed by atoms with E-state index in [1.54, 1.807) is 18.2 Å². The zero-order valence-corrected chi connectivity index (χ0v) is 14.2. The van der Waals surface area contributed by atoms with Gasteiger partial charge in [0, 0.05) is 17.7 Å². The Morgan fingerprint density at radius 3 is 2.07 bits per heavy atom. The minimum atomic E-state index is -4.59. The van der Waals surface area contributed by atoms with Crippen molar-refractivity contribution in [3.05, 3.63) is 42.0 Å². The third kappa shape index (κ3) is 4.31. The maximum atomic E-state index is 11.3. The van der Waals surface area contributed by atoms with Crippen LogP contribution >= 0.6 is 0 Å². The molecule has 1 aromatic rings. The first-order valence-electron chi connectivity index (χ1n) is 7.19. The Hall–Kier alpha value is -3.22. The van der Waals surface area contributed by atoms with Crippen molar-refractivity contribution in [2.45, 2.75) is 11.7 Å². The van der Waals surface area contributed by atoms with Crippen LogP contribution in [0.4, 0.5) is 5.69 Å². The second-order valence-corrected chi connectivity index (χ2v) is 6.91. The van der Waals surface area contributed by atoms with Crippen molar-refractivity contribution >= 4 is 45.7 Å². The quantitative estimate of drug-likeness (QED) is 0.291. The number of rotatable bonds is 3. The Morgan fingerprint density at radius 2 is 1.67 bits per heavy atom. The second kappa shape index (κ2) is 7.57. The van der Waals surface area contributed by atoms with E-state index < -0.39 is 33.6 Å². The van der Waals surface area contributed by atoms with Crippen LogP contribution in [0.3, 0.4) is 0 Å². The van der Waals surface area contributed by atoms with Crippen LogP contribution in [-0.4, -0.2) is 58.4 Å². The van der Waals surface area contributed by atoms with Crippen LogP contribution in [0.25, 0.3) is 0 Å². The number of benzene rings is 1. The summed E-state index contributed by atoms with van der Waals surface area (Å²) in [5, 5.41) is 6.40. The van der Waals surface area contributed by atoms with Gasteiger partial charge in [0.05, 0.1) is 12.1 Å². The maximum Gasteiger partial charge on any atom is 0.277 e. The molecule has 27 heavy (non-hydrogen) atoms. The molecule has 0 bridgehead atoms. The number of anilines is 1. The lowest BCUT2D eigenvalue weighted by Crippen LogP contribution is -2.32. The summed E-state index contributed by atoms with van der Waals surface area (Å²) in [4.78, 5) is 55.4. The highest BCUT2D eigenvalue weighted by molar-refractivity contribution is 7.87. The van der Waals surface area contributed by atoms with Crippen molar-refractivity contribution in [2.75, 3.05) is 4.90 Å². The Bertz CT molecular complexity index is 949. The van der Waals surface area contributed by atoms with E-state index in [9.17, 15) is 32.4 Å². The molecule has 1 atom stereocenters. The van der Waals surface area contributed by atoms with Crippen LogP contribution in [0.15, 0.2) is 36.4 Å². The van der Waals surface area contributed by atoms with Crippen LogP contribution in [0, 0.1) is 0 Å². The fourth-order valence-corrected chi connectivity index (χ4v) is 2.92. The third-order valence-corrected chi connectivity index (χ3v) is 4.60. The van der Waals surface area contributed by atoms with Crippen molar-refractivity contribution < 1.29 is 42.2 Å². The molecule has 1 aromatic carbocycles. The fourth-order valence-electron chi connectivity index (χ4n) is 2.22. The van der Waals surface area contributed by atoms with Gasteiger partial charge in [-0.15, -0.1) is 0 Å². The number of amides is 4. The average molecular weight is 396 g/mol. The lowest BCUT2D eigenvalue weighted by atomic mass is 10.2. The van der Waals surface area contributed by atoms with E-state index in [0.717, 1.165) is 4.90 Å². The third-order valence-electron chi connectivity index (χ3n) is 3.51. The summed E-state index contributed by atoms with van der Waals surface area (Å²) in [5.41, 5.74) is 0.847. The molecule has 3 rings (SSSR count). The van der Waals surface area contributed by atoms with Crippen LogP contribution in [0.1, 0.15) is 16.8 Å². The molecule has 1 fully saturated rings. The molecule has 12 heteroatoms. The maximum absolute atomic E-state index is 11.3. The summed E-state index contributed by atoms with van der Waals surface area (Å²) >= 11 is 0. The van der Waals surface area contributed by atoms with Crippen LogP contribution in [0.5, 0.6) is 0 Å². The summed E-state index contributed by atoms with van der Waals surface area (Å²) in [6.45, 7) is 0. The predicted molar refractivity (Wildman–Crippen MR) is 87.1 cm³/mol. The number of imide groups is 2. The van der Waals surface area contributed by atoms with Crippen LogP contribution < -0.4 is 4.90 Å². The number of hydrogen-bond donors (Lipinski definition) is 2. The first kappa shape index (κ1) is 20.1. The Kier molecular flexibility index (Phi) is 5.64. The molecule has 4 amide bonds. The molecule has 142 valence electrons. The van der Waals surface area contributed by atoms with Crippen molar-refractivity contribution in [3.8, 4) is 0 Å². The molecular weight excluding hydrogens is 384 g/mol. The van der Waals surface area contributed by atoms with E-state index in [1.807, 2.05) is 0 Å². The molecule has 0 spiro atoms. The summed E-state index contributed by atoms with van der Waals surface area (Å²) in [7, 11) is -4.59. The van der Waals surface area contributed by atoms with Gasteiger partial charge >= 0.3 is 0 Å². The summed E-state index contributed by atoms with van der Waals surface area (Å²) in [6.07, 6.45) is 2.36. The van der Waals surface area contributed by atoms with Gasteiger partial charge in [0.1, 0.15) is 6.29 Å². The van der Waals surface area contributed by atoms with Crippen LogP contribution in [-0.2, 0) is 29.3 Å². The van der Waals surface area contributed by atoms with Gasteiger partial charge in [0.2, 0.25) is 0 Å². The molecule has 2 heterocycles.